The Kier molecular flexibility index (Phi) is 5.99. The van der Waals surface area contributed by atoms with Gasteiger partial charge >= 0.3 is 0 Å². The smallest absolute Gasteiger partial charge is 0.226 e. The molecule has 1 aliphatic heterocycles. The van der Waals surface area contributed by atoms with Gasteiger partial charge in [0.2, 0.25) is 15.9 Å². The lowest BCUT2D eigenvalue weighted by Crippen LogP contribution is -2.46. The molecule has 1 heterocycles. The SMILES string of the molecule is O=C([C@@H]1C[C@H]1c1ccccc1-c1c(F)cccc1F)N1CCCC[C@H](NS(=O)(=O)C2CC2)C1. The van der Waals surface area contributed by atoms with E-state index < -0.39 is 21.7 Å². The molecule has 3 atom stereocenters. The summed E-state index contributed by atoms with van der Waals surface area (Å²) in [5.41, 5.74) is 1.20. The van der Waals surface area contributed by atoms with Crippen LogP contribution in [-0.2, 0) is 14.8 Å². The fourth-order valence-electron chi connectivity index (χ4n) is 4.99. The molecule has 3 aliphatic rings. The molecule has 2 aliphatic carbocycles. The van der Waals surface area contributed by atoms with Crippen LogP contribution in [0.3, 0.4) is 0 Å². The van der Waals surface area contributed by atoms with Gasteiger partial charge < -0.3 is 4.90 Å². The van der Waals surface area contributed by atoms with Gasteiger partial charge in [-0.3, -0.25) is 4.79 Å². The lowest BCUT2D eigenvalue weighted by Gasteiger charge is -2.25. The highest BCUT2D eigenvalue weighted by Gasteiger charge is 2.47. The van der Waals surface area contributed by atoms with Crippen LogP contribution < -0.4 is 4.72 Å². The molecule has 33 heavy (non-hydrogen) atoms. The summed E-state index contributed by atoms with van der Waals surface area (Å²) in [5, 5.41) is -0.284. The second kappa shape index (κ2) is 8.80. The van der Waals surface area contributed by atoms with Gasteiger partial charge in [-0.1, -0.05) is 36.8 Å². The van der Waals surface area contributed by atoms with Crippen LogP contribution in [0.25, 0.3) is 11.1 Å². The van der Waals surface area contributed by atoms with Crippen molar-refractivity contribution in [3.8, 4) is 11.1 Å². The van der Waals surface area contributed by atoms with E-state index in [4.69, 9.17) is 0 Å². The van der Waals surface area contributed by atoms with Gasteiger partial charge in [-0.25, -0.2) is 21.9 Å². The Hall–Kier alpha value is -2.32. The Morgan fingerprint density at radius 3 is 2.42 bits per heavy atom. The molecule has 8 heteroatoms. The number of rotatable bonds is 6. The minimum absolute atomic E-state index is 0.00123. The summed E-state index contributed by atoms with van der Waals surface area (Å²) >= 11 is 0. The number of sulfonamides is 1. The average molecular weight is 475 g/mol. The Morgan fingerprint density at radius 1 is 0.970 bits per heavy atom. The second-order valence-corrected chi connectivity index (χ2v) is 11.5. The van der Waals surface area contributed by atoms with E-state index in [1.165, 1.54) is 18.2 Å². The number of nitrogens with zero attached hydrogens (tertiary/aromatic N) is 1. The lowest BCUT2D eigenvalue weighted by atomic mass is 9.95. The molecular weight excluding hydrogens is 446 g/mol. The normalized spacial score (nSPS) is 25.5. The summed E-state index contributed by atoms with van der Waals surface area (Å²) in [4.78, 5) is 15.1. The van der Waals surface area contributed by atoms with Gasteiger partial charge in [-0.15, -0.1) is 0 Å². The lowest BCUT2D eigenvalue weighted by molar-refractivity contribution is -0.132. The van der Waals surface area contributed by atoms with Crippen molar-refractivity contribution in [2.24, 2.45) is 5.92 Å². The molecule has 3 fully saturated rings. The van der Waals surface area contributed by atoms with Crippen LogP contribution in [0.5, 0.6) is 0 Å². The molecule has 2 aromatic carbocycles. The quantitative estimate of drug-likeness (QED) is 0.683. The van der Waals surface area contributed by atoms with Crippen molar-refractivity contribution in [3.63, 3.8) is 0 Å². The molecular formula is C25H28F2N2O3S. The van der Waals surface area contributed by atoms with Crippen molar-refractivity contribution >= 4 is 15.9 Å². The molecule has 5 rings (SSSR count). The van der Waals surface area contributed by atoms with Gasteiger partial charge in [-0.2, -0.15) is 0 Å². The number of benzene rings is 2. The molecule has 1 saturated heterocycles. The standard InChI is InChI=1S/C25H28F2N2O3S/c26-22-9-5-10-23(27)24(22)19-8-2-1-7-18(19)20-14-21(20)25(30)29-13-4-3-6-16(15-29)28-33(31,32)17-11-12-17/h1-2,5,7-10,16-17,20-21,28H,3-4,6,11-15H2/t16-,20-,21+/m0/s1. The number of nitrogens with one attached hydrogen (secondary N) is 1. The molecule has 0 radical (unpaired) electrons. The molecule has 1 amide bonds. The van der Waals surface area contributed by atoms with Crippen LogP contribution >= 0.6 is 0 Å². The first-order valence-electron chi connectivity index (χ1n) is 11.7. The highest BCUT2D eigenvalue weighted by molar-refractivity contribution is 7.90. The van der Waals surface area contributed by atoms with Gasteiger partial charge in [0.05, 0.1) is 10.8 Å². The summed E-state index contributed by atoms with van der Waals surface area (Å²) < 4.78 is 56.5. The van der Waals surface area contributed by atoms with Crippen LogP contribution in [0, 0.1) is 17.6 Å². The second-order valence-electron chi connectivity index (χ2n) is 9.47. The zero-order chi connectivity index (χ0) is 23.2. The van der Waals surface area contributed by atoms with Crippen LogP contribution in [0.15, 0.2) is 42.5 Å². The Labute approximate surface area is 193 Å². The number of amides is 1. The van der Waals surface area contributed by atoms with Crippen LogP contribution in [0.2, 0.25) is 0 Å². The maximum absolute atomic E-state index is 14.5. The van der Waals surface area contributed by atoms with Crippen molar-refractivity contribution < 1.29 is 22.0 Å². The largest absolute Gasteiger partial charge is 0.341 e. The fraction of sp³-hybridized carbons (Fsp3) is 0.480. The summed E-state index contributed by atoms with van der Waals surface area (Å²) in [7, 11) is -3.31. The van der Waals surface area contributed by atoms with Crippen molar-refractivity contribution in [1.82, 2.24) is 9.62 Å². The third kappa shape index (κ3) is 4.68. The summed E-state index contributed by atoms with van der Waals surface area (Å²) in [6.07, 6.45) is 4.46. The maximum Gasteiger partial charge on any atom is 0.226 e. The monoisotopic (exact) mass is 474 g/mol. The molecule has 1 N–H and O–H groups in total. The first-order valence-corrected chi connectivity index (χ1v) is 13.2. The maximum atomic E-state index is 14.5. The third-order valence-corrected chi connectivity index (χ3v) is 8.99. The predicted octanol–water partition coefficient (Wildman–Crippen LogP) is 4.20. The van der Waals surface area contributed by atoms with Gasteiger partial charge in [0, 0.05) is 25.0 Å². The number of hydrogen-bond donors (Lipinski definition) is 1. The Morgan fingerprint density at radius 2 is 1.70 bits per heavy atom. The summed E-state index contributed by atoms with van der Waals surface area (Å²) in [6, 6.07) is 10.7. The molecule has 0 bridgehead atoms. The third-order valence-electron chi connectivity index (χ3n) is 6.98. The van der Waals surface area contributed by atoms with E-state index in [2.05, 4.69) is 4.72 Å². The van der Waals surface area contributed by atoms with Crippen molar-refractivity contribution in [2.75, 3.05) is 13.1 Å². The average Bonchev–Trinajstić information content (AvgIpc) is 3.67. The molecule has 2 saturated carbocycles. The Balaban J connectivity index is 1.32. The van der Waals surface area contributed by atoms with Crippen LogP contribution in [0.1, 0.15) is 50.0 Å². The van der Waals surface area contributed by atoms with Crippen molar-refractivity contribution in [1.29, 1.82) is 0 Å². The molecule has 2 aromatic rings. The van der Waals surface area contributed by atoms with Gasteiger partial charge in [0.1, 0.15) is 11.6 Å². The van der Waals surface area contributed by atoms with E-state index >= 15 is 0 Å². The number of likely N-dealkylation sites (tertiary alicyclic amines) is 1. The van der Waals surface area contributed by atoms with Crippen molar-refractivity contribution in [3.05, 3.63) is 59.7 Å². The Bertz CT molecular complexity index is 1150. The zero-order valence-electron chi connectivity index (χ0n) is 18.3. The van der Waals surface area contributed by atoms with Crippen LogP contribution in [0.4, 0.5) is 8.78 Å². The molecule has 176 valence electrons. The van der Waals surface area contributed by atoms with Gasteiger partial charge in [-0.05, 0) is 61.3 Å². The molecule has 5 nitrogen and oxygen atoms in total. The van der Waals surface area contributed by atoms with E-state index in [1.54, 1.807) is 17.0 Å². The van der Waals surface area contributed by atoms with Gasteiger partial charge in [0.15, 0.2) is 0 Å². The van der Waals surface area contributed by atoms with E-state index in [0.29, 0.717) is 37.9 Å². The number of carbonyl (C=O) groups is 1. The van der Waals surface area contributed by atoms with Crippen molar-refractivity contribution in [2.45, 2.75) is 55.7 Å². The summed E-state index contributed by atoms with van der Waals surface area (Å²) in [6.45, 7) is 0.977. The zero-order valence-corrected chi connectivity index (χ0v) is 19.2. The minimum Gasteiger partial charge on any atom is -0.341 e. The minimum atomic E-state index is -3.31. The highest BCUT2D eigenvalue weighted by Crippen LogP contribution is 2.51. The predicted molar refractivity (Wildman–Crippen MR) is 122 cm³/mol. The number of carbonyl (C=O) groups excluding carboxylic acids is 1. The fourth-order valence-corrected chi connectivity index (χ4v) is 6.60. The van der Waals surface area contributed by atoms with E-state index in [9.17, 15) is 22.0 Å². The summed E-state index contributed by atoms with van der Waals surface area (Å²) in [5.74, 6) is -1.59. The van der Waals surface area contributed by atoms with Crippen LogP contribution in [-0.4, -0.2) is 43.6 Å². The van der Waals surface area contributed by atoms with E-state index in [0.717, 1.165) is 24.8 Å². The number of halogens is 2. The molecule has 0 unspecified atom stereocenters. The van der Waals surface area contributed by atoms with Gasteiger partial charge in [0.25, 0.3) is 0 Å². The highest BCUT2D eigenvalue weighted by atomic mass is 32.2. The first-order chi connectivity index (χ1) is 15.8. The van der Waals surface area contributed by atoms with E-state index in [-0.39, 0.29) is 34.6 Å². The molecule has 0 aromatic heterocycles. The van der Waals surface area contributed by atoms with E-state index in [1.807, 2.05) is 12.1 Å². The number of hydrogen-bond acceptors (Lipinski definition) is 3. The molecule has 0 spiro atoms. The topological polar surface area (TPSA) is 66.5 Å². The first kappa shape index (κ1) is 22.5.